The lowest BCUT2D eigenvalue weighted by Crippen LogP contribution is -2.22. The number of esters is 1. The maximum absolute atomic E-state index is 12.8. The van der Waals surface area contributed by atoms with E-state index in [2.05, 4.69) is 0 Å². The molecule has 0 bridgehead atoms. The number of benzene rings is 1. The van der Waals surface area contributed by atoms with Gasteiger partial charge in [0.2, 0.25) is 5.75 Å². The average molecular weight is 344 g/mol. The van der Waals surface area contributed by atoms with Gasteiger partial charge < -0.3 is 18.9 Å². The van der Waals surface area contributed by atoms with E-state index in [9.17, 15) is 9.59 Å². The van der Waals surface area contributed by atoms with Gasteiger partial charge in [0.15, 0.2) is 5.75 Å². The van der Waals surface area contributed by atoms with Gasteiger partial charge in [0, 0.05) is 45.6 Å². The summed E-state index contributed by atoms with van der Waals surface area (Å²) in [6.07, 6.45) is 2.48. The number of nitrogens with zero attached hydrogens (tertiary/aromatic N) is 2. The van der Waals surface area contributed by atoms with Crippen LogP contribution in [0, 0.1) is 0 Å². The van der Waals surface area contributed by atoms with Crippen LogP contribution in [0.5, 0.6) is 11.5 Å². The van der Waals surface area contributed by atoms with Gasteiger partial charge in [-0.25, -0.2) is 0 Å². The van der Waals surface area contributed by atoms with E-state index in [0.717, 1.165) is 5.69 Å². The lowest BCUT2D eigenvalue weighted by molar-refractivity contribution is -0.132. The average Bonchev–Trinajstić information content (AvgIpc) is 2.58. The molecule has 0 aliphatic rings. The largest absolute Gasteiger partial charge is 0.457 e. The quantitative estimate of drug-likeness (QED) is 0.616. The van der Waals surface area contributed by atoms with Crippen molar-refractivity contribution >= 4 is 22.6 Å². The highest BCUT2D eigenvalue weighted by molar-refractivity contribution is 5.91. The monoisotopic (exact) mass is 344 g/mol. The third-order valence-electron chi connectivity index (χ3n) is 3.96. The summed E-state index contributed by atoms with van der Waals surface area (Å²) in [4.78, 5) is 26.2. The summed E-state index contributed by atoms with van der Waals surface area (Å²) in [6, 6.07) is 5.70. The predicted octanol–water partition coefficient (Wildman–Crippen LogP) is 3.22. The Balaban J connectivity index is 2.85. The summed E-state index contributed by atoms with van der Waals surface area (Å²) in [7, 11) is 5.51. The fourth-order valence-corrected chi connectivity index (χ4v) is 2.55. The fraction of sp³-hybridized carbons (Fsp3) is 0.368. The highest BCUT2D eigenvalue weighted by Gasteiger charge is 2.21. The second kappa shape index (κ2) is 7.42. The molecule has 1 heterocycles. The summed E-state index contributed by atoms with van der Waals surface area (Å²) in [5.74, 6) is 0.311. The van der Waals surface area contributed by atoms with E-state index in [4.69, 9.17) is 9.47 Å². The zero-order chi connectivity index (χ0) is 18.7. The Morgan fingerprint density at radius 1 is 1.24 bits per heavy atom. The molecule has 0 amide bonds. The first-order valence-corrected chi connectivity index (χ1v) is 8.15. The van der Waals surface area contributed by atoms with Crippen molar-refractivity contribution in [2.45, 2.75) is 27.2 Å². The zero-order valence-corrected chi connectivity index (χ0v) is 15.5. The van der Waals surface area contributed by atoms with E-state index in [1.165, 1.54) is 11.5 Å². The van der Waals surface area contributed by atoms with Crippen LogP contribution < -0.4 is 19.9 Å². The van der Waals surface area contributed by atoms with Crippen molar-refractivity contribution in [1.82, 2.24) is 4.57 Å². The topological polar surface area (TPSA) is 60.8 Å². The standard InChI is InChI=1S/C19H24N2O4/c1-7-14(8-2)25-17-15-10-9-13(20(4)5)11-16(15)21(6)19(23)18(17)24-12(3)22/h7,9-11H,8H2,1-6H3. The van der Waals surface area contributed by atoms with Crippen LogP contribution in [0.2, 0.25) is 0 Å². The maximum atomic E-state index is 12.8. The van der Waals surface area contributed by atoms with E-state index in [0.29, 0.717) is 23.1 Å². The number of aryl methyl sites for hydroxylation is 1. The van der Waals surface area contributed by atoms with E-state index in [-0.39, 0.29) is 11.5 Å². The van der Waals surface area contributed by atoms with Crippen LogP contribution in [0.15, 0.2) is 34.8 Å². The van der Waals surface area contributed by atoms with Crippen molar-refractivity contribution in [3.8, 4) is 11.5 Å². The minimum Gasteiger partial charge on any atom is -0.457 e. The van der Waals surface area contributed by atoms with E-state index in [1.54, 1.807) is 7.05 Å². The smallest absolute Gasteiger partial charge is 0.308 e. The van der Waals surface area contributed by atoms with Crippen LogP contribution in [0.25, 0.3) is 10.9 Å². The molecule has 0 saturated carbocycles. The number of ether oxygens (including phenoxy) is 2. The highest BCUT2D eigenvalue weighted by atomic mass is 16.6. The van der Waals surface area contributed by atoms with Crippen molar-refractivity contribution in [1.29, 1.82) is 0 Å². The maximum Gasteiger partial charge on any atom is 0.308 e. The Bertz CT molecular complexity index is 894. The van der Waals surface area contributed by atoms with Crippen molar-refractivity contribution in [2.75, 3.05) is 19.0 Å². The molecule has 0 fully saturated rings. The first kappa shape index (κ1) is 18.6. The van der Waals surface area contributed by atoms with Crippen LogP contribution in [-0.4, -0.2) is 24.6 Å². The van der Waals surface area contributed by atoms with Crippen LogP contribution >= 0.6 is 0 Å². The van der Waals surface area contributed by atoms with Crippen molar-refractivity contribution < 1.29 is 14.3 Å². The molecule has 0 N–H and O–H groups in total. The van der Waals surface area contributed by atoms with Crippen molar-refractivity contribution in [3.05, 3.63) is 40.4 Å². The number of rotatable bonds is 5. The van der Waals surface area contributed by atoms with Gasteiger partial charge in [0.05, 0.1) is 11.3 Å². The van der Waals surface area contributed by atoms with Gasteiger partial charge in [-0.1, -0.05) is 6.92 Å². The molecule has 6 nitrogen and oxygen atoms in total. The Hall–Kier alpha value is -2.76. The van der Waals surface area contributed by atoms with Crippen LogP contribution in [0.4, 0.5) is 5.69 Å². The van der Waals surface area contributed by atoms with Gasteiger partial charge in [-0.3, -0.25) is 9.59 Å². The minimum atomic E-state index is -0.565. The minimum absolute atomic E-state index is 0.0899. The second-order valence-corrected chi connectivity index (χ2v) is 5.92. The number of pyridine rings is 1. The number of hydrogen-bond acceptors (Lipinski definition) is 5. The zero-order valence-electron chi connectivity index (χ0n) is 15.5. The molecular formula is C19H24N2O4. The normalized spacial score (nSPS) is 11.5. The number of fused-ring (bicyclic) bond motifs is 1. The number of allylic oxidation sites excluding steroid dienone is 2. The molecular weight excluding hydrogens is 320 g/mol. The molecule has 2 rings (SSSR count). The van der Waals surface area contributed by atoms with Crippen LogP contribution in [0.1, 0.15) is 27.2 Å². The van der Waals surface area contributed by atoms with E-state index in [1.807, 2.05) is 57.1 Å². The molecule has 0 aliphatic heterocycles. The third-order valence-corrected chi connectivity index (χ3v) is 3.96. The van der Waals surface area contributed by atoms with Gasteiger partial charge in [-0.05, 0) is 31.2 Å². The summed E-state index contributed by atoms with van der Waals surface area (Å²) in [5.41, 5.74) is 1.24. The lowest BCUT2D eigenvalue weighted by Gasteiger charge is -2.19. The summed E-state index contributed by atoms with van der Waals surface area (Å²) in [5, 5.41) is 0.705. The molecule has 2 aromatic rings. The Labute approximate surface area is 147 Å². The molecule has 0 radical (unpaired) electrons. The lowest BCUT2D eigenvalue weighted by atomic mass is 10.1. The Morgan fingerprint density at radius 2 is 1.92 bits per heavy atom. The highest BCUT2D eigenvalue weighted by Crippen LogP contribution is 2.36. The predicted molar refractivity (Wildman–Crippen MR) is 99.5 cm³/mol. The molecule has 0 aliphatic carbocycles. The summed E-state index contributed by atoms with van der Waals surface area (Å²) < 4.78 is 12.6. The number of hydrogen-bond donors (Lipinski definition) is 0. The Kier molecular flexibility index (Phi) is 5.51. The second-order valence-electron chi connectivity index (χ2n) is 5.92. The number of carbonyl (C=O) groups is 1. The van der Waals surface area contributed by atoms with Gasteiger partial charge >= 0.3 is 5.97 Å². The molecule has 0 saturated heterocycles. The number of carbonyl (C=O) groups excluding carboxylic acids is 1. The molecule has 134 valence electrons. The molecule has 1 aromatic heterocycles. The molecule has 25 heavy (non-hydrogen) atoms. The molecule has 0 spiro atoms. The van der Waals surface area contributed by atoms with Crippen molar-refractivity contribution in [3.63, 3.8) is 0 Å². The summed E-state index contributed by atoms with van der Waals surface area (Å²) >= 11 is 0. The molecule has 0 unspecified atom stereocenters. The molecule has 0 atom stereocenters. The SMILES string of the molecule is CC=C(CC)Oc1c(OC(C)=O)c(=O)n(C)c2cc(N(C)C)ccc12. The van der Waals surface area contributed by atoms with Crippen molar-refractivity contribution in [2.24, 2.45) is 7.05 Å². The number of anilines is 1. The van der Waals surface area contributed by atoms with Gasteiger partial charge in [-0.2, -0.15) is 0 Å². The first-order valence-electron chi connectivity index (χ1n) is 8.15. The fourth-order valence-electron chi connectivity index (χ4n) is 2.55. The van der Waals surface area contributed by atoms with Crippen LogP contribution in [0.3, 0.4) is 0 Å². The van der Waals surface area contributed by atoms with Gasteiger partial charge in [0.25, 0.3) is 5.56 Å². The molecule has 1 aromatic carbocycles. The Morgan fingerprint density at radius 3 is 2.44 bits per heavy atom. The third kappa shape index (κ3) is 3.68. The van der Waals surface area contributed by atoms with E-state index >= 15 is 0 Å². The summed E-state index contributed by atoms with van der Waals surface area (Å²) in [6.45, 7) is 5.07. The number of aromatic nitrogens is 1. The van der Waals surface area contributed by atoms with Gasteiger partial charge in [0.1, 0.15) is 0 Å². The van der Waals surface area contributed by atoms with E-state index < -0.39 is 11.5 Å². The molecule has 6 heteroatoms. The first-order chi connectivity index (χ1) is 11.8. The van der Waals surface area contributed by atoms with Gasteiger partial charge in [-0.15, -0.1) is 0 Å². The van der Waals surface area contributed by atoms with Crippen LogP contribution in [-0.2, 0) is 11.8 Å².